The second-order valence-electron chi connectivity index (χ2n) is 9.59. The van der Waals surface area contributed by atoms with Gasteiger partial charge >= 0.3 is 12.1 Å². The van der Waals surface area contributed by atoms with Gasteiger partial charge in [-0.15, -0.1) is 0 Å². The van der Waals surface area contributed by atoms with Crippen LogP contribution < -0.4 is 21.3 Å². The van der Waals surface area contributed by atoms with Gasteiger partial charge in [0.2, 0.25) is 17.7 Å². The van der Waals surface area contributed by atoms with Crippen LogP contribution in [0.3, 0.4) is 0 Å². The van der Waals surface area contributed by atoms with Gasteiger partial charge in [-0.1, -0.05) is 27.7 Å². The fourth-order valence-electron chi connectivity index (χ4n) is 2.70. The summed E-state index contributed by atoms with van der Waals surface area (Å²) in [5.74, 6) is -2.42. The molecule has 0 aliphatic heterocycles. The summed E-state index contributed by atoms with van der Waals surface area (Å²) in [4.78, 5) is 60.9. The van der Waals surface area contributed by atoms with Gasteiger partial charge in [-0.25, -0.2) is 9.59 Å². The van der Waals surface area contributed by atoms with Crippen molar-refractivity contribution in [3.63, 3.8) is 0 Å². The number of ether oxygens (including phenoxy) is 2. The molecular formula is C22H40N4O7. The third kappa shape index (κ3) is 12.7. The van der Waals surface area contributed by atoms with Crippen molar-refractivity contribution in [2.45, 2.75) is 85.5 Å². The molecule has 11 heteroatoms. The van der Waals surface area contributed by atoms with Crippen molar-refractivity contribution in [3.05, 3.63) is 0 Å². The van der Waals surface area contributed by atoms with E-state index in [0.717, 1.165) is 0 Å². The molecule has 0 rings (SSSR count). The molecule has 0 aromatic rings. The molecule has 0 aliphatic carbocycles. The zero-order valence-corrected chi connectivity index (χ0v) is 21.2. The average Bonchev–Trinajstić information content (AvgIpc) is 2.66. The van der Waals surface area contributed by atoms with E-state index < -0.39 is 53.5 Å². The quantitative estimate of drug-likeness (QED) is 0.325. The Morgan fingerprint density at radius 1 is 0.848 bits per heavy atom. The van der Waals surface area contributed by atoms with E-state index in [4.69, 9.17) is 4.74 Å². The van der Waals surface area contributed by atoms with Gasteiger partial charge in [0.05, 0.1) is 13.7 Å². The summed E-state index contributed by atoms with van der Waals surface area (Å²) in [7, 11) is 1.22. The Hall–Kier alpha value is -2.85. The highest BCUT2D eigenvalue weighted by atomic mass is 16.6. The van der Waals surface area contributed by atoms with Crippen molar-refractivity contribution in [2.75, 3.05) is 13.7 Å². The average molecular weight is 473 g/mol. The van der Waals surface area contributed by atoms with Crippen molar-refractivity contribution in [3.8, 4) is 0 Å². The van der Waals surface area contributed by atoms with Crippen LogP contribution in [0.2, 0.25) is 0 Å². The van der Waals surface area contributed by atoms with Gasteiger partial charge in [-0.2, -0.15) is 0 Å². The summed E-state index contributed by atoms with van der Waals surface area (Å²) in [5.41, 5.74) is -0.723. The van der Waals surface area contributed by atoms with E-state index in [9.17, 15) is 24.0 Å². The number of carbonyl (C=O) groups is 5. The molecule has 190 valence electrons. The maximum atomic E-state index is 12.7. The van der Waals surface area contributed by atoms with E-state index >= 15 is 0 Å². The van der Waals surface area contributed by atoms with Gasteiger partial charge in [0.15, 0.2) is 0 Å². The molecule has 3 atom stereocenters. The van der Waals surface area contributed by atoms with Crippen molar-refractivity contribution < 1.29 is 33.4 Å². The van der Waals surface area contributed by atoms with E-state index in [1.807, 2.05) is 13.8 Å². The van der Waals surface area contributed by atoms with Crippen LogP contribution in [0.15, 0.2) is 0 Å². The number of alkyl carbamates (subject to hydrolysis) is 1. The van der Waals surface area contributed by atoms with Gasteiger partial charge in [-0.05, 0) is 46.0 Å². The minimum absolute atomic E-state index is 0.0900. The van der Waals surface area contributed by atoms with Gasteiger partial charge in [0.1, 0.15) is 23.7 Å². The minimum atomic E-state index is -0.970. The van der Waals surface area contributed by atoms with E-state index in [1.54, 1.807) is 34.6 Å². The van der Waals surface area contributed by atoms with Crippen molar-refractivity contribution in [1.82, 2.24) is 21.3 Å². The number of amides is 4. The topological polar surface area (TPSA) is 152 Å². The highest BCUT2D eigenvalue weighted by Crippen LogP contribution is 2.10. The van der Waals surface area contributed by atoms with E-state index in [0.29, 0.717) is 6.42 Å². The monoisotopic (exact) mass is 472 g/mol. The molecule has 0 bridgehead atoms. The Kier molecular flexibility index (Phi) is 12.5. The van der Waals surface area contributed by atoms with Crippen LogP contribution in [0.25, 0.3) is 0 Å². The summed E-state index contributed by atoms with van der Waals surface area (Å²) in [6, 6.07) is -2.71. The molecule has 4 amide bonds. The summed E-state index contributed by atoms with van der Waals surface area (Å²) >= 11 is 0. The Labute approximate surface area is 196 Å². The Balaban J connectivity index is 4.87. The van der Waals surface area contributed by atoms with Crippen molar-refractivity contribution in [1.29, 1.82) is 0 Å². The van der Waals surface area contributed by atoms with Gasteiger partial charge in [0.25, 0.3) is 0 Å². The molecule has 11 nitrogen and oxygen atoms in total. The standard InChI is InChI=1S/C22H40N4O7/c1-12(2)10-15(25-21(31)33-22(6,7)8)19(29)24-14(5)18(28)23-11-16(27)26-17(13(3)4)20(30)32-9/h12-15,17H,10-11H2,1-9H3,(H,23,28)(H,24,29)(H,25,31)(H,26,27). The zero-order valence-electron chi connectivity index (χ0n) is 21.2. The van der Waals surface area contributed by atoms with Crippen LogP contribution in [-0.4, -0.2) is 67.2 Å². The Morgan fingerprint density at radius 3 is 1.88 bits per heavy atom. The predicted octanol–water partition coefficient (Wildman–Crippen LogP) is 0.861. The lowest BCUT2D eigenvalue weighted by Crippen LogP contribution is -2.54. The number of methoxy groups -OCH3 is 1. The molecule has 0 fully saturated rings. The van der Waals surface area contributed by atoms with E-state index in [2.05, 4.69) is 26.0 Å². The smallest absolute Gasteiger partial charge is 0.408 e. The molecule has 4 N–H and O–H groups in total. The number of hydrogen-bond acceptors (Lipinski definition) is 7. The first-order chi connectivity index (χ1) is 15.1. The highest BCUT2D eigenvalue weighted by Gasteiger charge is 2.28. The summed E-state index contributed by atoms with van der Waals surface area (Å²) in [5, 5.41) is 9.99. The van der Waals surface area contributed by atoms with Crippen LogP contribution in [0.4, 0.5) is 4.79 Å². The van der Waals surface area contributed by atoms with Crippen LogP contribution in [0.1, 0.15) is 61.8 Å². The summed E-state index contributed by atoms with van der Waals surface area (Å²) < 4.78 is 9.86. The second-order valence-corrected chi connectivity index (χ2v) is 9.59. The fourth-order valence-corrected chi connectivity index (χ4v) is 2.70. The first-order valence-electron chi connectivity index (χ1n) is 11.0. The number of nitrogens with one attached hydrogen (secondary N) is 4. The zero-order chi connectivity index (χ0) is 25.9. The molecule has 0 aromatic carbocycles. The normalized spacial score (nSPS) is 14.0. The molecule has 0 aromatic heterocycles. The predicted molar refractivity (Wildman–Crippen MR) is 122 cm³/mol. The van der Waals surface area contributed by atoms with Crippen LogP contribution in [-0.2, 0) is 28.7 Å². The van der Waals surface area contributed by atoms with E-state index in [-0.39, 0.29) is 18.4 Å². The number of carbonyl (C=O) groups excluding carboxylic acids is 5. The van der Waals surface area contributed by atoms with Crippen LogP contribution in [0.5, 0.6) is 0 Å². The molecule has 0 heterocycles. The Bertz CT molecular complexity index is 701. The fraction of sp³-hybridized carbons (Fsp3) is 0.773. The van der Waals surface area contributed by atoms with Crippen molar-refractivity contribution in [2.24, 2.45) is 11.8 Å². The number of hydrogen-bond donors (Lipinski definition) is 4. The first kappa shape index (κ1) is 30.1. The minimum Gasteiger partial charge on any atom is -0.467 e. The second kappa shape index (κ2) is 13.6. The highest BCUT2D eigenvalue weighted by molar-refractivity contribution is 5.93. The maximum absolute atomic E-state index is 12.7. The summed E-state index contributed by atoms with van der Waals surface area (Å²) in [6.45, 7) is 13.5. The molecular weight excluding hydrogens is 432 g/mol. The molecule has 0 spiro atoms. The SMILES string of the molecule is COC(=O)C(NC(=O)CNC(=O)C(C)NC(=O)C(CC(C)C)NC(=O)OC(C)(C)C)C(C)C. The van der Waals surface area contributed by atoms with E-state index in [1.165, 1.54) is 14.0 Å². The molecule has 0 aliphatic rings. The van der Waals surface area contributed by atoms with Crippen LogP contribution >= 0.6 is 0 Å². The molecule has 0 saturated carbocycles. The lowest BCUT2D eigenvalue weighted by molar-refractivity contribution is -0.146. The van der Waals surface area contributed by atoms with Gasteiger partial charge in [0, 0.05) is 0 Å². The molecule has 3 unspecified atom stereocenters. The summed E-state index contributed by atoms with van der Waals surface area (Å²) in [6.07, 6.45) is -0.395. The van der Waals surface area contributed by atoms with Crippen molar-refractivity contribution >= 4 is 29.8 Å². The van der Waals surface area contributed by atoms with Gasteiger partial charge < -0.3 is 30.7 Å². The third-order valence-electron chi connectivity index (χ3n) is 4.33. The molecule has 0 saturated heterocycles. The maximum Gasteiger partial charge on any atom is 0.408 e. The largest absolute Gasteiger partial charge is 0.467 e. The first-order valence-corrected chi connectivity index (χ1v) is 11.0. The molecule has 33 heavy (non-hydrogen) atoms. The third-order valence-corrected chi connectivity index (χ3v) is 4.33. The lowest BCUT2D eigenvalue weighted by atomic mass is 10.0. The number of rotatable bonds is 11. The Morgan fingerprint density at radius 2 is 1.42 bits per heavy atom. The van der Waals surface area contributed by atoms with Gasteiger partial charge in [-0.3, -0.25) is 14.4 Å². The lowest BCUT2D eigenvalue weighted by Gasteiger charge is -2.25. The number of esters is 1. The van der Waals surface area contributed by atoms with Crippen LogP contribution in [0, 0.1) is 11.8 Å². The molecule has 0 radical (unpaired) electrons.